The Balaban J connectivity index is 1.55. The number of fused-ring (bicyclic) bond motifs is 2. The Morgan fingerprint density at radius 1 is 1.07 bits per heavy atom. The van der Waals surface area contributed by atoms with E-state index in [2.05, 4.69) is 10.6 Å². The van der Waals surface area contributed by atoms with Gasteiger partial charge in [-0.1, -0.05) is 48.0 Å². The number of rotatable bonds is 3. The van der Waals surface area contributed by atoms with Crippen LogP contribution in [0.4, 0.5) is 5.69 Å². The van der Waals surface area contributed by atoms with E-state index in [-0.39, 0.29) is 11.0 Å². The first kappa shape index (κ1) is 18.7. The number of halogens is 1. The molecule has 0 aliphatic heterocycles. The maximum Gasteiger partial charge on any atom is 0.269 e. The van der Waals surface area contributed by atoms with Crippen LogP contribution in [0.3, 0.4) is 0 Å². The maximum atomic E-state index is 12.7. The van der Waals surface area contributed by atoms with Gasteiger partial charge in [0.25, 0.3) is 5.91 Å². The lowest BCUT2D eigenvalue weighted by Crippen LogP contribution is -2.33. The fraction of sp³-hybridized carbons (Fsp3) is 0.0476. The monoisotopic (exact) mass is 426 g/mol. The fourth-order valence-corrected chi connectivity index (χ4v) is 4.61. The Morgan fingerprint density at radius 2 is 1.86 bits per heavy atom. The van der Waals surface area contributed by atoms with Crippen molar-refractivity contribution in [3.05, 3.63) is 70.6 Å². The number of carbonyl (C=O) groups is 1. The van der Waals surface area contributed by atoms with Gasteiger partial charge in [-0.2, -0.15) is 0 Å². The zero-order valence-electron chi connectivity index (χ0n) is 14.8. The molecule has 7 heteroatoms. The summed E-state index contributed by atoms with van der Waals surface area (Å²) in [5.74, 6) is 0.369. The first-order valence-corrected chi connectivity index (χ1v) is 10.0. The van der Waals surface area contributed by atoms with E-state index in [1.807, 2.05) is 60.7 Å². The molecule has 1 amide bonds. The molecule has 0 aliphatic carbocycles. The van der Waals surface area contributed by atoms with Gasteiger partial charge >= 0.3 is 0 Å². The Morgan fingerprint density at radius 3 is 2.68 bits per heavy atom. The molecule has 4 nitrogen and oxygen atoms in total. The highest BCUT2D eigenvalue weighted by molar-refractivity contribution is 7.80. The van der Waals surface area contributed by atoms with Gasteiger partial charge in [0.05, 0.1) is 12.1 Å². The van der Waals surface area contributed by atoms with Crippen LogP contribution in [0, 0.1) is 0 Å². The summed E-state index contributed by atoms with van der Waals surface area (Å²) in [6.07, 6.45) is 0. The van der Waals surface area contributed by atoms with Crippen LogP contribution in [0.1, 0.15) is 9.67 Å². The first-order chi connectivity index (χ1) is 13.6. The van der Waals surface area contributed by atoms with Crippen molar-refractivity contribution in [2.75, 3.05) is 12.4 Å². The number of ether oxygens (including phenoxy) is 1. The lowest BCUT2D eigenvalue weighted by atomic mass is 10.1. The van der Waals surface area contributed by atoms with Crippen molar-refractivity contribution in [3.63, 3.8) is 0 Å². The Hall–Kier alpha value is -2.67. The van der Waals surface area contributed by atoms with E-state index < -0.39 is 0 Å². The second-order valence-electron chi connectivity index (χ2n) is 6.04. The van der Waals surface area contributed by atoms with Gasteiger partial charge in [-0.15, -0.1) is 11.3 Å². The molecule has 0 radical (unpaired) electrons. The molecule has 0 saturated carbocycles. The minimum Gasteiger partial charge on any atom is -0.497 e. The summed E-state index contributed by atoms with van der Waals surface area (Å²) >= 11 is 13.1. The molecule has 28 heavy (non-hydrogen) atoms. The molecule has 140 valence electrons. The Bertz CT molecular complexity index is 1210. The van der Waals surface area contributed by atoms with Crippen molar-refractivity contribution >= 4 is 72.7 Å². The zero-order valence-corrected chi connectivity index (χ0v) is 17.2. The fourth-order valence-electron chi connectivity index (χ4n) is 2.97. The van der Waals surface area contributed by atoms with E-state index in [0.717, 1.165) is 26.5 Å². The Labute approximate surface area is 176 Å². The number of carbonyl (C=O) groups excluding carboxylic acids is 1. The van der Waals surface area contributed by atoms with Gasteiger partial charge in [-0.3, -0.25) is 10.1 Å². The van der Waals surface area contributed by atoms with Crippen LogP contribution >= 0.6 is 35.2 Å². The average molecular weight is 427 g/mol. The topological polar surface area (TPSA) is 50.4 Å². The third-order valence-corrected chi connectivity index (χ3v) is 6.17. The highest BCUT2D eigenvalue weighted by Gasteiger charge is 2.18. The molecule has 4 aromatic rings. The summed E-state index contributed by atoms with van der Waals surface area (Å²) < 4.78 is 6.11. The molecule has 1 aromatic heterocycles. The van der Waals surface area contributed by atoms with Crippen molar-refractivity contribution in [2.45, 2.75) is 0 Å². The number of amides is 1. The highest BCUT2D eigenvalue weighted by Crippen LogP contribution is 2.37. The van der Waals surface area contributed by atoms with Crippen LogP contribution in [0.2, 0.25) is 5.02 Å². The minimum atomic E-state index is -0.345. The van der Waals surface area contributed by atoms with Gasteiger partial charge in [0.15, 0.2) is 5.11 Å². The number of thiocarbonyl (C=S) groups is 1. The first-order valence-electron chi connectivity index (χ1n) is 8.43. The van der Waals surface area contributed by atoms with E-state index >= 15 is 0 Å². The van der Waals surface area contributed by atoms with Gasteiger partial charge in [0.1, 0.15) is 10.6 Å². The number of hydrogen-bond acceptors (Lipinski definition) is 4. The zero-order chi connectivity index (χ0) is 19.7. The highest BCUT2D eigenvalue weighted by atomic mass is 35.5. The third kappa shape index (κ3) is 3.54. The van der Waals surface area contributed by atoms with Crippen LogP contribution in [-0.4, -0.2) is 18.1 Å². The molecule has 0 bridgehead atoms. The second kappa shape index (κ2) is 7.75. The van der Waals surface area contributed by atoms with Gasteiger partial charge < -0.3 is 10.1 Å². The van der Waals surface area contributed by atoms with Crippen LogP contribution in [0.15, 0.2) is 60.7 Å². The molecule has 0 unspecified atom stereocenters. The quantitative estimate of drug-likeness (QED) is 0.404. The molecule has 3 aromatic carbocycles. The van der Waals surface area contributed by atoms with Crippen LogP contribution in [-0.2, 0) is 0 Å². The molecule has 4 rings (SSSR count). The number of benzene rings is 3. The van der Waals surface area contributed by atoms with Gasteiger partial charge in [-0.05, 0) is 41.9 Å². The summed E-state index contributed by atoms with van der Waals surface area (Å²) in [6, 6.07) is 19.3. The summed E-state index contributed by atoms with van der Waals surface area (Å²) in [7, 11) is 1.60. The number of methoxy groups -OCH3 is 1. The molecule has 2 N–H and O–H groups in total. The van der Waals surface area contributed by atoms with Gasteiger partial charge in [-0.25, -0.2) is 0 Å². The van der Waals surface area contributed by atoms with E-state index in [1.165, 1.54) is 11.3 Å². The smallest absolute Gasteiger partial charge is 0.269 e. The SMILES string of the molecule is COc1ccc2c(Cl)c(C(=O)NC(=S)Nc3cccc4ccccc34)sc2c1. The predicted octanol–water partition coefficient (Wildman–Crippen LogP) is 5.84. The van der Waals surface area contributed by atoms with Crippen molar-refractivity contribution < 1.29 is 9.53 Å². The average Bonchev–Trinajstić information content (AvgIpc) is 3.04. The Kier molecular flexibility index (Phi) is 5.17. The van der Waals surface area contributed by atoms with Gasteiger partial charge in [0.2, 0.25) is 0 Å². The van der Waals surface area contributed by atoms with E-state index in [9.17, 15) is 4.79 Å². The lowest BCUT2D eigenvalue weighted by Gasteiger charge is -2.11. The van der Waals surface area contributed by atoms with Gasteiger partial charge in [0, 0.05) is 21.2 Å². The minimum absolute atomic E-state index is 0.215. The summed E-state index contributed by atoms with van der Waals surface area (Å²) in [4.78, 5) is 13.1. The predicted molar refractivity (Wildman–Crippen MR) is 121 cm³/mol. The largest absolute Gasteiger partial charge is 0.497 e. The molecule has 0 atom stereocenters. The molecule has 0 aliphatic rings. The number of anilines is 1. The summed E-state index contributed by atoms with van der Waals surface area (Å²) in [5.41, 5.74) is 0.829. The molecule has 1 heterocycles. The van der Waals surface area contributed by atoms with Crippen LogP contribution in [0.25, 0.3) is 20.9 Å². The van der Waals surface area contributed by atoms with E-state index in [1.54, 1.807) is 7.11 Å². The van der Waals surface area contributed by atoms with Crippen molar-refractivity contribution in [3.8, 4) is 5.75 Å². The normalized spacial score (nSPS) is 10.8. The standard InChI is InChI=1S/C21H15ClN2O2S2/c1-26-13-9-10-15-17(11-13)28-19(18(15)22)20(25)24-21(27)23-16-8-4-6-12-5-2-3-7-14(12)16/h2-11H,1H3,(H2,23,24,25,27). The van der Waals surface area contributed by atoms with Crippen molar-refractivity contribution in [1.29, 1.82) is 0 Å². The number of hydrogen-bond donors (Lipinski definition) is 2. The molecule has 0 saturated heterocycles. The maximum absolute atomic E-state index is 12.7. The van der Waals surface area contributed by atoms with Crippen LogP contribution < -0.4 is 15.4 Å². The van der Waals surface area contributed by atoms with E-state index in [0.29, 0.717) is 15.6 Å². The number of thiophene rings is 1. The summed E-state index contributed by atoms with van der Waals surface area (Å²) in [5, 5.41) is 9.36. The third-order valence-electron chi connectivity index (χ3n) is 4.31. The molecule has 0 fully saturated rings. The van der Waals surface area contributed by atoms with Crippen LogP contribution in [0.5, 0.6) is 5.75 Å². The lowest BCUT2D eigenvalue weighted by molar-refractivity contribution is 0.0982. The van der Waals surface area contributed by atoms with Crippen molar-refractivity contribution in [1.82, 2.24) is 5.32 Å². The molecule has 0 spiro atoms. The number of nitrogens with one attached hydrogen (secondary N) is 2. The summed E-state index contributed by atoms with van der Waals surface area (Å²) in [6.45, 7) is 0. The second-order valence-corrected chi connectivity index (χ2v) is 7.88. The van der Waals surface area contributed by atoms with E-state index in [4.69, 9.17) is 28.6 Å². The molecular formula is C21H15ClN2O2S2. The van der Waals surface area contributed by atoms with Crippen molar-refractivity contribution in [2.24, 2.45) is 0 Å². The molecular weight excluding hydrogens is 412 g/mol.